The zero-order valence-electron chi connectivity index (χ0n) is 12.0. The van der Waals surface area contributed by atoms with Crippen molar-refractivity contribution in [3.8, 4) is 0 Å². The minimum absolute atomic E-state index is 0.510. The second-order valence-corrected chi connectivity index (χ2v) is 5.60. The van der Waals surface area contributed by atoms with E-state index in [0.29, 0.717) is 12.0 Å². The number of rotatable bonds is 5. The van der Waals surface area contributed by atoms with Gasteiger partial charge in [0, 0.05) is 42.9 Å². The van der Waals surface area contributed by atoms with Gasteiger partial charge in [-0.3, -0.25) is 4.68 Å². The third-order valence-corrected chi connectivity index (χ3v) is 3.67. The second kappa shape index (κ2) is 5.85. The van der Waals surface area contributed by atoms with E-state index in [1.807, 2.05) is 0 Å². The normalized spacial score (nSPS) is 19.9. The minimum atomic E-state index is 0.510. The summed E-state index contributed by atoms with van der Waals surface area (Å²) in [5.74, 6) is 0.633. The smallest absolute Gasteiger partial charge is 0.0641 e. The van der Waals surface area contributed by atoms with Crippen molar-refractivity contribution >= 4 is 0 Å². The van der Waals surface area contributed by atoms with Gasteiger partial charge in [0.15, 0.2) is 0 Å². The number of hydrogen-bond acceptors (Lipinski definition) is 3. The van der Waals surface area contributed by atoms with Gasteiger partial charge < -0.3 is 10.1 Å². The van der Waals surface area contributed by atoms with Crippen LogP contribution in [0.5, 0.6) is 0 Å². The molecule has 0 aromatic carbocycles. The highest BCUT2D eigenvalue weighted by atomic mass is 16.5. The van der Waals surface area contributed by atoms with Crippen LogP contribution in [0.4, 0.5) is 0 Å². The quantitative estimate of drug-likeness (QED) is 0.870. The number of aromatic nitrogens is 2. The molecule has 1 N–H and O–H groups in total. The third kappa shape index (κ3) is 3.12. The average molecular weight is 251 g/mol. The molecule has 0 amide bonds. The molecule has 0 saturated carbocycles. The molecule has 4 nitrogen and oxygen atoms in total. The van der Waals surface area contributed by atoms with E-state index in [1.54, 1.807) is 0 Å². The van der Waals surface area contributed by atoms with Crippen molar-refractivity contribution in [3.05, 3.63) is 17.0 Å². The molecule has 1 aromatic rings. The first-order valence-electron chi connectivity index (χ1n) is 6.92. The first-order chi connectivity index (χ1) is 8.58. The average Bonchev–Trinajstić information content (AvgIpc) is 2.88. The predicted octanol–water partition coefficient (Wildman–Crippen LogP) is 2.03. The topological polar surface area (TPSA) is 39.1 Å². The highest BCUT2D eigenvalue weighted by Gasteiger charge is 2.19. The summed E-state index contributed by atoms with van der Waals surface area (Å²) in [6, 6.07) is 0.510. The summed E-state index contributed by atoms with van der Waals surface area (Å²) in [4.78, 5) is 0. The lowest BCUT2D eigenvalue weighted by atomic mass is 10.1. The van der Waals surface area contributed by atoms with Crippen LogP contribution in [0.25, 0.3) is 0 Å². The summed E-state index contributed by atoms with van der Waals surface area (Å²) in [5.41, 5.74) is 3.80. The maximum Gasteiger partial charge on any atom is 0.0641 e. The Balaban J connectivity index is 2.05. The Morgan fingerprint density at radius 2 is 2.22 bits per heavy atom. The van der Waals surface area contributed by atoms with E-state index in [0.717, 1.165) is 38.4 Å². The summed E-state index contributed by atoms with van der Waals surface area (Å²) < 4.78 is 7.59. The van der Waals surface area contributed by atoms with Crippen molar-refractivity contribution in [2.75, 3.05) is 13.2 Å². The Hall–Kier alpha value is -0.870. The zero-order chi connectivity index (χ0) is 13.1. The summed E-state index contributed by atoms with van der Waals surface area (Å²) in [6.07, 6.45) is 1.16. The number of ether oxygens (including phenoxy) is 1. The van der Waals surface area contributed by atoms with Crippen molar-refractivity contribution in [2.45, 2.75) is 53.2 Å². The predicted molar refractivity (Wildman–Crippen MR) is 72.6 cm³/mol. The number of hydrogen-bond donors (Lipinski definition) is 1. The Morgan fingerprint density at radius 1 is 1.44 bits per heavy atom. The number of nitrogens with one attached hydrogen (secondary N) is 1. The first kappa shape index (κ1) is 13.6. The van der Waals surface area contributed by atoms with Crippen LogP contribution >= 0.6 is 0 Å². The van der Waals surface area contributed by atoms with E-state index in [9.17, 15) is 0 Å². The molecule has 1 atom stereocenters. The molecule has 1 aromatic heterocycles. The molecule has 1 aliphatic heterocycles. The van der Waals surface area contributed by atoms with Crippen molar-refractivity contribution in [1.82, 2.24) is 15.1 Å². The van der Waals surface area contributed by atoms with Gasteiger partial charge in [0.25, 0.3) is 0 Å². The van der Waals surface area contributed by atoms with Crippen LogP contribution in [0, 0.1) is 19.8 Å². The fourth-order valence-corrected chi connectivity index (χ4v) is 2.45. The van der Waals surface area contributed by atoms with E-state index in [1.165, 1.54) is 11.3 Å². The summed E-state index contributed by atoms with van der Waals surface area (Å²) in [5, 5.41) is 8.15. The van der Waals surface area contributed by atoms with Gasteiger partial charge in [0.2, 0.25) is 0 Å². The molecule has 4 heteroatoms. The van der Waals surface area contributed by atoms with Crippen LogP contribution in [0.15, 0.2) is 0 Å². The van der Waals surface area contributed by atoms with Gasteiger partial charge in [0.05, 0.1) is 12.3 Å². The minimum Gasteiger partial charge on any atom is -0.381 e. The van der Waals surface area contributed by atoms with Crippen LogP contribution in [-0.4, -0.2) is 29.0 Å². The largest absolute Gasteiger partial charge is 0.381 e. The van der Waals surface area contributed by atoms with E-state index in [2.05, 4.69) is 42.8 Å². The molecule has 1 unspecified atom stereocenters. The van der Waals surface area contributed by atoms with Crippen molar-refractivity contribution in [2.24, 2.45) is 5.92 Å². The molecule has 1 saturated heterocycles. The van der Waals surface area contributed by atoms with Gasteiger partial charge >= 0.3 is 0 Å². The number of nitrogens with zero attached hydrogens (tertiary/aromatic N) is 2. The molecule has 0 bridgehead atoms. The summed E-state index contributed by atoms with van der Waals surface area (Å²) in [7, 11) is 0. The van der Waals surface area contributed by atoms with Crippen LogP contribution in [0.1, 0.15) is 37.2 Å². The second-order valence-electron chi connectivity index (χ2n) is 5.60. The van der Waals surface area contributed by atoms with E-state index in [-0.39, 0.29) is 0 Å². The molecule has 1 aliphatic rings. The fraction of sp³-hybridized carbons (Fsp3) is 0.786. The van der Waals surface area contributed by atoms with Crippen LogP contribution in [0.3, 0.4) is 0 Å². The Morgan fingerprint density at radius 3 is 2.83 bits per heavy atom. The first-order valence-corrected chi connectivity index (χ1v) is 6.92. The van der Waals surface area contributed by atoms with Crippen molar-refractivity contribution < 1.29 is 4.74 Å². The molecule has 2 heterocycles. The van der Waals surface area contributed by atoms with Crippen LogP contribution in [-0.2, 0) is 17.8 Å². The molecular formula is C14H25N3O. The van der Waals surface area contributed by atoms with Crippen molar-refractivity contribution in [3.63, 3.8) is 0 Å². The van der Waals surface area contributed by atoms with Crippen LogP contribution in [0.2, 0.25) is 0 Å². The monoisotopic (exact) mass is 251 g/mol. The van der Waals surface area contributed by atoms with Gasteiger partial charge in [0.1, 0.15) is 0 Å². The maximum absolute atomic E-state index is 5.43. The standard InChI is InChI=1S/C14H25N3O/c1-10(2)15-7-14-11(3)16-17(12(14)4)8-13-5-6-18-9-13/h10,13,15H,5-9H2,1-4H3. The van der Waals surface area contributed by atoms with Crippen molar-refractivity contribution in [1.29, 1.82) is 0 Å². The fourth-order valence-electron chi connectivity index (χ4n) is 2.45. The Kier molecular flexibility index (Phi) is 4.40. The van der Waals surface area contributed by atoms with Gasteiger partial charge in [-0.05, 0) is 20.3 Å². The lowest BCUT2D eigenvalue weighted by molar-refractivity contribution is 0.181. The SMILES string of the molecule is Cc1nn(CC2CCOC2)c(C)c1CNC(C)C. The van der Waals surface area contributed by atoms with E-state index >= 15 is 0 Å². The van der Waals surface area contributed by atoms with Gasteiger partial charge in [-0.2, -0.15) is 5.10 Å². The Labute approximate surface area is 110 Å². The molecular weight excluding hydrogens is 226 g/mol. The van der Waals surface area contributed by atoms with E-state index in [4.69, 9.17) is 4.74 Å². The number of aryl methyl sites for hydroxylation is 1. The summed E-state index contributed by atoms with van der Waals surface area (Å²) in [6.45, 7) is 12.3. The summed E-state index contributed by atoms with van der Waals surface area (Å²) >= 11 is 0. The lowest BCUT2D eigenvalue weighted by Crippen LogP contribution is -2.22. The molecule has 1 fully saturated rings. The van der Waals surface area contributed by atoms with E-state index < -0.39 is 0 Å². The zero-order valence-corrected chi connectivity index (χ0v) is 12.0. The van der Waals surface area contributed by atoms with Crippen LogP contribution < -0.4 is 5.32 Å². The van der Waals surface area contributed by atoms with Gasteiger partial charge in [-0.1, -0.05) is 13.8 Å². The van der Waals surface area contributed by atoms with Gasteiger partial charge in [-0.15, -0.1) is 0 Å². The molecule has 2 rings (SSSR count). The molecule has 18 heavy (non-hydrogen) atoms. The lowest BCUT2D eigenvalue weighted by Gasteiger charge is -2.11. The highest BCUT2D eigenvalue weighted by molar-refractivity contribution is 5.24. The molecule has 0 aliphatic carbocycles. The third-order valence-electron chi connectivity index (χ3n) is 3.67. The molecule has 0 spiro atoms. The molecule has 102 valence electrons. The maximum atomic E-state index is 5.43. The Bertz CT molecular complexity index is 392. The highest BCUT2D eigenvalue weighted by Crippen LogP contribution is 2.19. The van der Waals surface area contributed by atoms with Gasteiger partial charge in [-0.25, -0.2) is 0 Å². The molecule has 0 radical (unpaired) electrons.